The quantitative estimate of drug-likeness (QED) is 0.768. The Morgan fingerprint density at radius 2 is 2.07 bits per heavy atom. The summed E-state index contributed by atoms with van der Waals surface area (Å²) >= 11 is 0. The highest BCUT2D eigenvalue weighted by molar-refractivity contribution is 5.93. The van der Waals surface area contributed by atoms with Gasteiger partial charge in [0.1, 0.15) is 5.82 Å². The van der Waals surface area contributed by atoms with Gasteiger partial charge in [-0.15, -0.1) is 0 Å². The summed E-state index contributed by atoms with van der Waals surface area (Å²) in [5, 5.41) is 3.00. The Morgan fingerprint density at radius 1 is 1.30 bits per heavy atom. The predicted octanol–water partition coefficient (Wildman–Crippen LogP) is 3.65. The molecule has 1 saturated heterocycles. The molecule has 148 valence electrons. The molecule has 0 radical (unpaired) electrons. The maximum atomic E-state index is 12.1. The molecular formula is C21H32N4O2. The summed E-state index contributed by atoms with van der Waals surface area (Å²) in [6.07, 6.45) is 2.82. The Morgan fingerprint density at radius 3 is 2.78 bits per heavy atom. The van der Waals surface area contributed by atoms with Crippen LogP contribution in [0.1, 0.15) is 45.9 Å². The van der Waals surface area contributed by atoms with E-state index in [4.69, 9.17) is 9.72 Å². The van der Waals surface area contributed by atoms with Crippen molar-refractivity contribution in [3.05, 3.63) is 24.0 Å². The van der Waals surface area contributed by atoms with Crippen molar-refractivity contribution in [2.45, 2.75) is 53.1 Å². The fourth-order valence-corrected chi connectivity index (χ4v) is 3.49. The Labute approximate surface area is 161 Å². The second-order valence-electron chi connectivity index (χ2n) is 7.77. The number of aryl methyl sites for hydroxylation is 1. The molecule has 1 aliphatic heterocycles. The van der Waals surface area contributed by atoms with Crippen LogP contribution < -0.4 is 5.32 Å². The van der Waals surface area contributed by atoms with E-state index in [0.29, 0.717) is 12.3 Å². The van der Waals surface area contributed by atoms with E-state index in [2.05, 4.69) is 41.6 Å². The minimum Gasteiger partial charge on any atom is -0.379 e. The normalized spacial score (nSPS) is 15.6. The fourth-order valence-electron chi connectivity index (χ4n) is 3.49. The Hall–Kier alpha value is -1.92. The van der Waals surface area contributed by atoms with E-state index in [1.54, 1.807) is 0 Å². The van der Waals surface area contributed by atoms with Gasteiger partial charge in [0.2, 0.25) is 5.91 Å². The summed E-state index contributed by atoms with van der Waals surface area (Å²) in [6, 6.07) is 6.08. The van der Waals surface area contributed by atoms with Crippen LogP contribution in [0.15, 0.2) is 18.2 Å². The molecule has 1 amide bonds. The van der Waals surface area contributed by atoms with E-state index < -0.39 is 0 Å². The first-order chi connectivity index (χ1) is 13.1. The molecule has 3 rings (SSSR count). The minimum atomic E-state index is 0.0586. The van der Waals surface area contributed by atoms with Crippen LogP contribution in [0.25, 0.3) is 11.0 Å². The van der Waals surface area contributed by atoms with Crippen molar-refractivity contribution in [2.24, 2.45) is 5.92 Å². The molecule has 1 aliphatic rings. The maximum Gasteiger partial charge on any atom is 0.224 e. The number of ether oxygens (including phenoxy) is 1. The van der Waals surface area contributed by atoms with Crippen LogP contribution in [0.5, 0.6) is 0 Å². The van der Waals surface area contributed by atoms with Gasteiger partial charge in [-0.3, -0.25) is 9.69 Å². The third-order valence-electron chi connectivity index (χ3n) is 4.91. The van der Waals surface area contributed by atoms with Crippen molar-refractivity contribution >= 4 is 22.6 Å². The van der Waals surface area contributed by atoms with Crippen molar-refractivity contribution in [3.63, 3.8) is 0 Å². The molecule has 1 aromatic carbocycles. The number of imidazole rings is 1. The molecule has 0 spiro atoms. The zero-order chi connectivity index (χ0) is 19.2. The number of aromatic nitrogens is 2. The number of fused-ring (bicyclic) bond motifs is 1. The second kappa shape index (κ2) is 9.33. The Balaban J connectivity index is 1.83. The number of unbranched alkanes of at least 4 members (excludes halogenated alkanes) is 1. The third-order valence-corrected chi connectivity index (χ3v) is 4.91. The standard InChI is InChI=1S/C21H32N4O2/c1-4-5-8-25-19-7-6-17(22-21(26)13-16(2)3)14-18(19)23-20(25)15-24-9-11-27-12-10-24/h6-7,14,16H,4-5,8-13,15H2,1-3H3,(H,22,26). The SMILES string of the molecule is CCCCn1c(CN2CCOCC2)nc2cc(NC(=O)CC(C)C)ccc21. The summed E-state index contributed by atoms with van der Waals surface area (Å²) in [5.41, 5.74) is 2.93. The molecular weight excluding hydrogens is 340 g/mol. The van der Waals surface area contributed by atoms with Crippen molar-refractivity contribution in [1.82, 2.24) is 14.5 Å². The summed E-state index contributed by atoms with van der Waals surface area (Å²) in [6.45, 7) is 11.6. The van der Waals surface area contributed by atoms with Crippen LogP contribution in [-0.4, -0.2) is 46.7 Å². The van der Waals surface area contributed by atoms with E-state index in [1.165, 1.54) is 0 Å². The fraction of sp³-hybridized carbons (Fsp3) is 0.619. The van der Waals surface area contributed by atoms with E-state index >= 15 is 0 Å². The molecule has 0 bridgehead atoms. The van der Waals surface area contributed by atoms with Gasteiger partial charge >= 0.3 is 0 Å². The van der Waals surface area contributed by atoms with Crippen molar-refractivity contribution in [1.29, 1.82) is 0 Å². The van der Waals surface area contributed by atoms with Gasteiger partial charge in [0, 0.05) is 31.7 Å². The summed E-state index contributed by atoms with van der Waals surface area (Å²) in [7, 11) is 0. The molecule has 1 aromatic heterocycles. The van der Waals surface area contributed by atoms with Crippen LogP contribution in [0.4, 0.5) is 5.69 Å². The number of rotatable bonds is 8. The van der Waals surface area contributed by atoms with Gasteiger partial charge in [0.05, 0.1) is 30.8 Å². The highest BCUT2D eigenvalue weighted by Gasteiger charge is 2.17. The van der Waals surface area contributed by atoms with Crippen LogP contribution in [0.2, 0.25) is 0 Å². The third kappa shape index (κ3) is 5.30. The highest BCUT2D eigenvalue weighted by atomic mass is 16.5. The van der Waals surface area contributed by atoms with Gasteiger partial charge in [-0.1, -0.05) is 27.2 Å². The van der Waals surface area contributed by atoms with Crippen LogP contribution in [0, 0.1) is 5.92 Å². The summed E-state index contributed by atoms with van der Waals surface area (Å²) in [4.78, 5) is 19.4. The van der Waals surface area contributed by atoms with Gasteiger partial charge in [0.25, 0.3) is 0 Å². The Bertz CT molecular complexity index is 763. The number of nitrogens with zero attached hydrogens (tertiary/aromatic N) is 3. The van der Waals surface area contributed by atoms with Crippen molar-refractivity contribution < 1.29 is 9.53 Å². The molecule has 2 heterocycles. The molecule has 0 aliphatic carbocycles. The smallest absolute Gasteiger partial charge is 0.224 e. The molecule has 1 fully saturated rings. The lowest BCUT2D eigenvalue weighted by Crippen LogP contribution is -2.36. The molecule has 6 nitrogen and oxygen atoms in total. The van der Waals surface area contributed by atoms with Gasteiger partial charge in [-0.05, 0) is 30.5 Å². The number of amides is 1. The van der Waals surface area contributed by atoms with Gasteiger partial charge < -0.3 is 14.6 Å². The monoisotopic (exact) mass is 372 g/mol. The largest absolute Gasteiger partial charge is 0.379 e. The lowest BCUT2D eigenvalue weighted by molar-refractivity contribution is -0.116. The molecule has 6 heteroatoms. The van der Waals surface area contributed by atoms with Crippen LogP contribution >= 0.6 is 0 Å². The number of carbonyl (C=O) groups is 1. The number of carbonyl (C=O) groups excluding carboxylic acids is 1. The molecule has 27 heavy (non-hydrogen) atoms. The first-order valence-corrected chi connectivity index (χ1v) is 10.2. The number of hydrogen-bond acceptors (Lipinski definition) is 4. The molecule has 1 N–H and O–H groups in total. The molecule has 0 saturated carbocycles. The second-order valence-corrected chi connectivity index (χ2v) is 7.77. The molecule has 2 aromatic rings. The molecule has 0 unspecified atom stereocenters. The number of morpholine rings is 1. The topological polar surface area (TPSA) is 59.4 Å². The Kier molecular flexibility index (Phi) is 6.85. The average molecular weight is 373 g/mol. The lowest BCUT2D eigenvalue weighted by Gasteiger charge is -2.26. The summed E-state index contributed by atoms with van der Waals surface area (Å²) in [5.74, 6) is 1.51. The zero-order valence-electron chi connectivity index (χ0n) is 16.8. The zero-order valence-corrected chi connectivity index (χ0v) is 16.8. The van der Waals surface area contributed by atoms with E-state index in [1.807, 2.05) is 12.1 Å². The minimum absolute atomic E-state index is 0.0586. The molecule has 0 atom stereocenters. The lowest BCUT2D eigenvalue weighted by atomic mass is 10.1. The van der Waals surface area contributed by atoms with Gasteiger partial charge in [0.15, 0.2) is 0 Å². The van der Waals surface area contributed by atoms with Crippen molar-refractivity contribution in [2.75, 3.05) is 31.6 Å². The average Bonchev–Trinajstić information content (AvgIpc) is 2.96. The van der Waals surface area contributed by atoms with E-state index in [-0.39, 0.29) is 5.91 Å². The maximum absolute atomic E-state index is 12.1. The van der Waals surface area contributed by atoms with Gasteiger partial charge in [-0.2, -0.15) is 0 Å². The van der Waals surface area contributed by atoms with Crippen LogP contribution in [0.3, 0.4) is 0 Å². The first kappa shape index (κ1) is 19.8. The number of anilines is 1. The van der Waals surface area contributed by atoms with Gasteiger partial charge in [-0.25, -0.2) is 4.98 Å². The number of hydrogen-bond donors (Lipinski definition) is 1. The first-order valence-electron chi connectivity index (χ1n) is 10.2. The summed E-state index contributed by atoms with van der Waals surface area (Å²) < 4.78 is 7.80. The van der Waals surface area contributed by atoms with Crippen LogP contribution in [-0.2, 0) is 22.6 Å². The predicted molar refractivity (Wildman–Crippen MR) is 109 cm³/mol. The number of benzene rings is 1. The number of nitrogens with one attached hydrogen (secondary N) is 1. The highest BCUT2D eigenvalue weighted by Crippen LogP contribution is 2.23. The van der Waals surface area contributed by atoms with E-state index in [0.717, 1.165) is 74.8 Å². The van der Waals surface area contributed by atoms with Crippen molar-refractivity contribution in [3.8, 4) is 0 Å². The van der Waals surface area contributed by atoms with E-state index in [9.17, 15) is 4.79 Å².